The van der Waals surface area contributed by atoms with Crippen molar-refractivity contribution in [1.29, 1.82) is 5.26 Å². The second-order valence-electron chi connectivity index (χ2n) is 4.54. The lowest BCUT2D eigenvalue weighted by Gasteiger charge is -2.10. The number of nitrogens with one attached hydrogen (secondary N) is 2. The van der Waals surface area contributed by atoms with Gasteiger partial charge >= 0.3 is 0 Å². The number of anilines is 2. The molecule has 4 nitrogen and oxygen atoms in total. The van der Waals surface area contributed by atoms with Crippen molar-refractivity contribution in [2.24, 2.45) is 0 Å². The average molecular weight is 300 g/mol. The predicted octanol–water partition coefficient (Wildman–Crippen LogP) is 3.81. The smallest absolute Gasteiger partial charge is 0.255 e. The van der Waals surface area contributed by atoms with E-state index in [0.29, 0.717) is 21.8 Å². The van der Waals surface area contributed by atoms with E-state index in [1.165, 1.54) is 0 Å². The van der Waals surface area contributed by atoms with Gasteiger partial charge < -0.3 is 10.6 Å². The minimum absolute atomic E-state index is 0.266. The topological polar surface area (TPSA) is 64.9 Å². The van der Waals surface area contributed by atoms with Crippen molar-refractivity contribution in [3.63, 3.8) is 0 Å². The van der Waals surface area contributed by atoms with Crippen LogP contribution < -0.4 is 10.6 Å². The maximum Gasteiger partial charge on any atom is 0.255 e. The van der Waals surface area contributed by atoms with Gasteiger partial charge in [-0.3, -0.25) is 4.79 Å². The summed E-state index contributed by atoms with van der Waals surface area (Å²) in [6.07, 6.45) is 0. The number of halogens is 1. The minimum Gasteiger partial charge on any atom is -0.388 e. The average Bonchev–Trinajstić information content (AvgIpc) is 2.49. The Bertz CT molecular complexity index is 735. The molecule has 0 unspecified atom stereocenters. The van der Waals surface area contributed by atoms with Crippen molar-refractivity contribution in [2.75, 3.05) is 17.7 Å². The molecule has 5 heteroatoms. The fourth-order valence-corrected chi connectivity index (χ4v) is 2.14. The molecule has 0 aliphatic heterocycles. The molecule has 0 heterocycles. The number of carbonyl (C=O) groups is 1. The molecule has 0 aromatic heterocycles. The van der Waals surface area contributed by atoms with Crippen LogP contribution >= 0.6 is 11.6 Å². The number of nitrogens with zero attached hydrogens (tertiary/aromatic N) is 1. The summed E-state index contributed by atoms with van der Waals surface area (Å²) in [4.78, 5) is 12.2. The second kappa shape index (κ2) is 6.29. The highest BCUT2D eigenvalue weighted by Crippen LogP contribution is 2.24. The third-order valence-electron chi connectivity index (χ3n) is 3.10. The number of benzene rings is 2. The normalized spacial score (nSPS) is 9.81. The molecule has 0 fully saturated rings. The maximum atomic E-state index is 12.2. The molecule has 0 atom stereocenters. The number of nitriles is 1. The summed E-state index contributed by atoms with van der Waals surface area (Å²) in [6, 6.07) is 12.1. The number of hydrogen-bond acceptors (Lipinski definition) is 3. The van der Waals surface area contributed by atoms with Gasteiger partial charge in [-0.2, -0.15) is 5.26 Å². The largest absolute Gasteiger partial charge is 0.388 e. The highest BCUT2D eigenvalue weighted by molar-refractivity contribution is 6.34. The van der Waals surface area contributed by atoms with E-state index in [2.05, 4.69) is 10.6 Å². The molecule has 2 rings (SSSR count). The summed E-state index contributed by atoms with van der Waals surface area (Å²) in [7, 11) is 1.83. The Kier molecular flexibility index (Phi) is 4.46. The first-order chi connectivity index (χ1) is 10.0. The molecule has 0 saturated carbocycles. The zero-order valence-electron chi connectivity index (χ0n) is 11.7. The summed E-state index contributed by atoms with van der Waals surface area (Å²) in [5.41, 5.74) is 3.34. The van der Waals surface area contributed by atoms with Crippen LogP contribution in [0.2, 0.25) is 5.02 Å². The van der Waals surface area contributed by atoms with Crippen molar-refractivity contribution in [3.8, 4) is 6.07 Å². The van der Waals surface area contributed by atoms with E-state index in [9.17, 15) is 4.79 Å². The molecule has 0 aliphatic rings. The molecule has 0 saturated heterocycles. The van der Waals surface area contributed by atoms with Crippen molar-refractivity contribution >= 4 is 28.9 Å². The predicted molar refractivity (Wildman–Crippen MR) is 84.8 cm³/mol. The van der Waals surface area contributed by atoms with Crippen molar-refractivity contribution in [2.45, 2.75) is 6.92 Å². The number of hydrogen-bond donors (Lipinski definition) is 2. The Hall–Kier alpha value is -2.51. The van der Waals surface area contributed by atoms with Gasteiger partial charge in [-0.15, -0.1) is 0 Å². The first-order valence-corrected chi connectivity index (χ1v) is 6.72. The first kappa shape index (κ1) is 14.9. The lowest BCUT2D eigenvalue weighted by atomic mass is 10.1. The quantitative estimate of drug-likeness (QED) is 0.905. The molecule has 0 radical (unpaired) electrons. The van der Waals surface area contributed by atoms with Crippen LogP contribution in [0.3, 0.4) is 0 Å². The van der Waals surface area contributed by atoms with Gasteiger partial charge in [0.15, 0.2) is 0 Å². The Labute approximate surface area is 128 Å². The highest BCUT2D eigenvalue weighted by Gasteiger charge is 2.10. The lowest BCUT2D eigenvalue weighted by molar-refractivity contribution is 0.102. The zero-order valence-corrected chi connectivity index (χ0v) is 12.5. The van der Waals surface area contributed by atoms with E-state index in [-0.39, 0.29) is 5.91 Å². The Morgan fingerprint density at radius 2 is 1.95 bits per heavy atom. The zero-order chi connectivity index (χ0) is 15.4. The molecule has 2 aromatic carbocycles. The van der Waals surface area contributed by atoms with E-state index in [1.807, 2.05) is 26.1 Å². The molecular formula is C16H14ClN3O. The van der Waals surface area contributed by atoms with Crippen molar-refractivity contribution in [1.82, 2.24) is 0 Å². The van der Waals surface area contributed by atoms with Crippen molar-refractivity contribution < 1.29 is 4.79 Å². The van der Waals surface area contributed by atoms with E-state index in [1.54, 1.807) is 30.3 Å². The van der Waals surface area contributed by atoms with Gasteiger partial charge in [0.05, 0.1) is 22.3 Å². The van der Waals surface area contributed by atoms with Crippen molar-refractivity contribution in [3.05, 3.63) is 58.1 Å². The molecule has 1 amide bonds. The summed E-state index contributed by atoms with van der Waals surface area (Å²) >= 11 is 6.03. The van der Waals surface area contributed by atoms with Gasteiger partial charge in [0.2, 0.25) is 0 Å². The molecule has 0 aliphatic carbocycles. The van der Waals surface area contributed by atoms with Crippen LogP contribution in [0.15, 0.2) is 36.4 Å². The van der Waals surface area contributed by atoms with E-state index >= 15 is 0 Å². The summed E-state index contributed by atoms with van der Waals surface area (Å²) in [6.45, 7) is 1.92. The van der Waals surface area contributed by atoms with E-state index in [0.717, 1.165) is 11.3 Å². The fourth-order valence-electron chi connectivity index (χ4n) is 1.97. The van der Waals surface area contributed by atoms with Gasteiger partial charge in [-0.25, -0.2) is 0 Å². The summed E-state index contributed by atoms with van der Waals surface area (Å²) in [5.74, 6) is -0.266. The number of rotatable bonds is 3. The molecule has 2 aromatic rings. The van der Waals surface area contributed by atoms with Crippen LogP contribution in [0, 0.1) is 18.3 Å². The van der Waals surface area contributed by atoms with Crippen LogP contribution in [0.5, 0.6) is 0 Å². The highest BCUT2D eigenvalue weighted by atomic mass is 35.5. The SMILES string of the molecule is CNc1ccc(C(=O)Nc2cc(C#N)ccc2Cl)cc1C. The standard InChI is InChI=1S/C16H14ClN3O/c1-10-7-12(4-6-14(10)19-2)16(21)20-15-8-11(9-18)3-5-13(15)17/h3-8,19H,1-2H3,(H,20,21). The summed E-state index contributed by atoms with van der Waals surface area (Å²) in [5, 5.41) is 15.0. The van der Waals surface area contributed by atoms with Crippen LogP contribution in [-0.4, -0.2) is 13.0 Å². The molecule has 0 spiro atoms. The molecule has 0 bridgehead atoms. The number of carbonyl (C=O) groups excluding carboxylic acids is 1. The molecule has 21 heavy (non-hydrogen) atoms. The number of aryl methyl sites for hydroxylation is 1. The Morgan fingerprint density at radius 3 is 2.57 bits per heavy atom. The fraction of sp³-hybridized carbons (Fsp3) is 0.125. The van der Waals surface area contributed by atoms with Crippen LogP contribution in [-0.2, 0) is 0 Å². The molecule has 2 N–H and O–H groups in total. The molecule has 106 valence electrons. The van der Waals surface area contributed by atoms with Crippen LogP contribution in [0.25, 0.3) is 0 Å². The van der Waals surface area contributed by atoms with Gasteiger partial charge in [0.25, 0.3) is 5.91 Å². The van der Waals surface area contributed by atoms with Gasteiger partial charge in [-0.05, 0) is 48.9 Å². The van der Waals surface area contributed by atoms with E-state index < -0.39 is 0 Å². The second-order valence-corrected chi connectivity index (χ2v) is 4.95. The summed E-state index contributed by atoms with van der Waals surface area (Å²) < 4.78 is 0. The van der Waals surface area contributed by atoms with Gasteiger partial charge in [0.1, 0.15) is 0 Å². The van der Waals surface area contributed by atoms with E-state index in [4.69, 9.17) is 16.9 Å². The van der Waals surface area contributed by atoms with Crippen LogP contribution in [0.4, 0.5) is 11.4 Å². The maximum absolute atomic E-state index is 12.2. The monoisotopic (exact) mass is 299 g/mol. The van der Waals surface area contributed by atoms with Gasteiger partial charge in [-0.1, -0.05) is 11.6 Å². The Morgan fingerprint density at radius 1 is 1.19 bits per heavy atom. The third kappa shape index (κ3) is 3.33. The van der Waals surface area contributed by atoms with Crippen LogP contribution in [0.1, 0.15) is 21.5 Å². The molecular weight excluding hydrogens is 286 g/mol. The van der Waals surface area contributed by atoms with Gasteiger partial charge in [0, 0.05) is 18.3 Å². The number of amides is 1. The Balaban J connectivity index is 2.26. The lowest BCUT2D eigenvalue weighted by Crippen LogP contribution is -2.12. The third-order valence-corrected chi connectivity index (χ3v) is 3.43. The minimum atomic E-state index is -0.266. The first-order valence-electron chi connectivity index (χ1n) is 6.34.